The van der Waals surface area contributed by atoms with Crippen molar-refractivity contribution in [1.82, 2.24) is 0 Å². The molecule has 0 fully saturated rings. The Kier molecular flexibility index (Phi) is 5.04. The summed E-state index contributed by atoms with van der Waals surface area (Å²) in [5.74, 6) is 0.933. The van der Waals surface area contributed by atoms with Crippen molar-refractivity contribution in [2.45, 2.75) is 0 Å². The van der Waals surface area contributed by atoms with Gasteiger partial charge in [0.25, 0.3) is 0 Å². The van der Waals surface area contributed by atoms with E-state index < -0.39 is 0 Å². The number of hydrogen-bond acceptors (Lipinski definition) is 2. The maximum Gasteiger partial charge on any atom is 0.248 e. The van der Waals surface area contributed by atoms with E-state index in [2.05, 4.69) is 5.32 Å². The third kappa shape index (κ3) is 4.07. The fourth-order valence-corrected chi connectivity index (χ4v) is 2.64. The number of furan rings is 1. The Morgan fingerprint density at radius 1 is 1.00 bits per heavy atom. The molecule has 0 aliphatic heterocycles. The molecule has 0 bridgehead atoms. The van der Waals surface area contributed by atoms with Crippen molar-refractivity contribution >= 4 is 40.9 Å². The molecule has 3 nitrogen and oxygen atoms in total. The molecule has 0 atom stereocenters. The number of para-hydroxylation sites is 1. The molecule has 0 aliphatic rings. The van der Waals surface area contributed by atoms with Crippen LogP contribution in [0.5, 0.6) is 0 Å². The molecule has 0 unspecified atom stereocenters. The first-order valence-electron chi connectivity index (χ1n) is 7.21. The van der Waals surface area contributed by atoms with Gasteiger partial charge in [0.1, 0.15) is 11.5 Å². The van der Waals surface area contributed by atoms with Crippen LogP contribution in [-0.2, 0) is 4.79 Å². The number of amides is 1. The zero-order valence-corrected chi connectivity index (χ0v) is 14.0. The monoisotopic (exact) mass is 357 g/mol. The molecule has 0 saturated heterocycles. The van der Waals surface area contributed by atoms with Crippen LogP contribution in [0.4, 0.5) is 5.69 Å². The summed E-state index contributed by atoms with van der Waals surface area (Å²) in [5, 5.41) is 3.83. The molecule has 5 heteroatoms. The van der Waals surface area contributed by atoms with E-state index in [1.165, 1.54) is 6.08 Å². The minimum absolute atomic E-state index is 0.233. The van der Waals surface area contributed by atoms with E-state index in [0.29, 0.717) is 21.6 Å². The second-order valence-electron chi connectivity index (χ2n) is 5.01. The van der Waals surface area contributed by atoms with E-state index in [-0.39, 0.29) is 5.91 Å². The molecule has 0 radical (unpaired) electrons. The predicted molar refractivity (Wildman–Crippen MR) is 98.3 cm³/mol. The first kappa shape index (κ1) is 16.4. The summed E-state index contributed by atoms with van der Waals surface area (Å²) in [6, 6.07) is 18.0. The molecule has 2 aromatic carbocycles. The highest BCUT2D eigenvalue weighted by molar-refractivity contribution is 6.36. The summed E-state index contributed by atoms with van der Waals surface area (Å²) in [7, 11) is 0. The van der Waals surface area contributed by atoms with Gasteiger partial charge >= 0.3 is 0 Å². The Hall–Kier alpha value is -2.49. The maximum absolute atomic E-state index is 11.9. The standard InChI is InChI=1S/C19H13Cl2NO2/c20-13-6-9-16(17(21)12-13)18-10-7-15(24-18)8-11-19(23)22-14-4-2-1-3-5-14/h1-12H,(H,22,23)/b11-8+. The lowest BCUT2D eigenvalue weighted by Crippen LogP contribution is -2.07. The Bertz CT molecular complexity index is 885. The van der Waals surface area contributed by atoms with Crippen molar-refractivity contribution in [1.29, 1.82) is 0 Å². The first-order chi connectivity index (χ1) is 11.6. The number of anilines is 1. The van der Waals surface area contributed by atoms with E-state index >= 15 is 0 Å². The van der Waals surface area contributed by atoms with Gasteiger partial charge in [-0.1, -0.05) is 41.4 Å². The Labute approximate surface area is 149 Å². The van der Waals surface area contributed by atoms with Crippen LogP contribution in [0.3, 0.4) is 0 Å². The molecule has 1 heterocycles. The van der Waals surface area contributed by atoms with Gasteiger partial charge in [-0.3, -0.25) is 4.79 Å². The van der Waals surface area contributed by atoms with Crippen LogP contribution < -0.4 is 5.32 Å². The SMILES string of the molecule is O=C(/C=C/c1ccc(-c2ccc(Cl)cc2Cl)o1)Nc1ccccc1. The number of hydrogen-bond donors (Lipinski definition) is 1. The van der Waals surface area contributed by atoms with E-state index in [4.69, 9.17) is 27.6 Å². The number of rotatable bonds is 4. The third-order valence-electron chi connectivity index (χ3n) is 3.26. The van der Waals surface area contributed by atoms with E-state index in [1.807, 2.05) is 30.3 Å². The quantitative estimate of drug-likeness (QED) is 0.590. The lowest BCUT2D eigenvalue weighted by atomic mass is 10.2. The van der Waals surface area contributed by atoms with Crippen molar-refractivity contribution < 1.29 is 9.21 Å². The van der Waals surface area contributed by atoms with Crippen molar-refractivity contribution in [2.75, 3.05) is 5.32 Å². The zero-order chi connectivity index (χ0) is 16.9. The normalized spacial score (nSPS) is 10.9. The smallest absolute Gasteiger partial charge is 0.248 e. The number of carbonyl (C=O) groups is 1. The molecule has 0 aliphatic carbocycles. The molecule has 1 aromatic heterocycles. The molecule has 1 amide bonds. The highest BCUT2D eigenvalue weighted by atomic mass is 35.5. The Morgan fingerprint density at radius 3 is 2.54 bits per heavy atom. The molecule has 120 valence electrons. The average Bonchev–Trinajstić information content (AvgIpc) is 3.02. The molecule has 0 spiro atoms. The number of benzene rings is 2. The van der Waals surface area contributed by atoms with Gasteiger partial charge in [-0.05, 0) is 48.5 Å². The minimum atomic E-state index is -0.233. The van der Waals surface area contributed by atoms with Crippen LogP contribution in [0.15, 0.2) is 71.2 Å². The fraction of sp³-hybridized carbons (Fsp3) is 0. The van der Waals surface area contributed by atoms with Gasteiger partial charge < -0.3 is 9.73 Å². The summed E-state index contributed by atoms with van der Waals surface area (Å²) in [6.07, 6.45) is 3.02. The molecule has 3 rings (SSSR count). The topological polar surface area (TPSA) is 42.2 Å². The molecule has 0 saturated carbocycles. The Balaban J connectivity index is 1.70. The second-order valence-corrected chi connectivity index (χ2v) is 5.86. The summed E-state index contributed by atoms with van der Waals surface area (Å²) in [4.78, 5) is 11.9. The minimum Gasteiger partial charge on any atom is -0.457 e. The number of nitrogens with one attached hydrogen (secondary N) is 1. The van der Waals surface area contributed by atoms with Gasteiger partial charge in [-0.15, -0.1) is 0 Å². The predicted octanol–water partition coefficient (Wildman–Crippen LogP) is 5.91. The summed E-state index contributed by atoms with van der Waals surface area (Å²) < 4.78 is 5.70. The highest BCUT2D eigenvalue weighted by Crippen LogP contribution is 2.31. The van der Waals surface area contributed by atoms with Crippen molar-refractivity contribution in [3.8, 4) is 11.3 Å². The van der Waals surface area contributed by atoms with Crippen LogP contribution in [0.25, 0.3) is 17.4 Å². The average molecular weight is 358 g/mol. The molecule has 1 N–H and O–H groups in total. The summed E-state index contributed by atoms with van der Waals surface area (Å²) >= 11 is 12.1. The van der Waals surface area contributed by atoms with Crippen LogP contribution in [-0.4, -0.2) is 5.91 Å². The lowest BCUT2D eigenvalue weighted by Gasteiger charge is -2.01. The van der Waals surface area contributed by atoms with Gasteiger partial charge in [0.15, 0.2) is 0 Å². The second kappa shape index (κ2) is 7.39. The summed E-state index contributed by atoms with van der Waals surface area (Å²) in [6.45, 7) is 0. The van der Waals surface area contributed by atoms with Gasteiger partial charge in [-0.25, -0.2) is 0 Å². The van der Waals surface area contributed by atoms with Gasteiger partial charge in [-0.2, -0.15) is 0 Å². The highest BCUT2D eigenvalue weighted by Gasteiger charge is 2.08. The lowest BCUT2D eigenvalue weighted by molar-refractivity contribution is -0.111. The van der Waals surface area contributed by atoms with Gasteiger partial charge in [0, 0.05) is 22.3 Å². The van der Waals surface area contributed by atoms with Gasteiger partial charge in [0.05, 0.1) is 5.02 Å². The number of halogens is 2. The zero-order valence-electron chi connectivity index (χ0n) is 12.5. The van der Waals surface area contributed by atoms with Crippen LogP contribution in [0, 0.1) is 0 Å². The van der Waals surface area contributed by atoms with E-state index in [1.54, 1.807) is 36.4 Å². The van der Waals surface area contributed by atoms with Crippen molar-refractivity contribution in [3.05, 3.63) is 82.5 Å². The van der Waals surface area contributed by atoms with E-state index in [9.17, 15) is 4.79 Å². The maximum atomic E-state index is 11.9. The van der Waals surface area contributed by atoms with E-state index in [0.717, 1.165) is 11.3 Å². The third-order valence-corrected chi connectivity index (χ3v) is 3.81. The molecular weight excluding hydrogens is 345 g/mol. The van der Waals surface area contributed by atoms with Gasteiger partial charge in [0.2, 0.25) is 5.91 Å². The molecular formula is C19H13Cl2NO2. The first-order valence-corrected chi connectivity index (χ1v) is 7.97. The Morgan fingerprint density at radius 2 is 1.79 bits per heavy atom. The fourth-order valence-electron chi connectivity index (χ4n) is 2.14. The largest absolute Gasteiger partial charge is 0.457 e. The summed E-state index contributed by atoms with van der Waals surface area (Å²) in [5.41, 5.74) is 1.48. The van der Waals surface area contributed by atoms with Crippen molar-refractivity contribution in [2.24, 2.45) is 0 Å². The van der Waals surface area contributed by atoms with Crippen LogP contribution in [0.2, 0.25) is 10.0 Å². The molecule has 3 aromatic rings. The van der Waals surface area contributed by atoms with Crippen LogP contribution >= 0.6 is 23.2 Å². The molecule has 24 heavy (non-hydrogen) atoms. The van der Waals surface area contributed by atoms with Crippen LogP contribution in [0.1, 0.15) is 5.76 Å². The van der Waals surface area contributed by atoms with Crippen molar-refractivity contribution in [3.63, 3.8) is 0 Å². The number of carbonyl (C=O) groups excluding carboxylic acids is 1.